The Kier molecular flexibility index (Phi) is 6.51. The van der Waals surface area contributed by atoms with Gasteiger partial charge in [-0.25, -0.2) is 4.39 Å². The number of aliphatic hydroxyl groups excluding tert-OH is 1. The van der Waals surface area contributed by atoms with Gasteiger partial charge in [-0.05, 0) is 35.4 Å². The highest BCUT2D eigenvalue weighted by Gasteiger charge is 2.46. The Morgan fingerprint density at radius 2 is 1.82 bits per heavy atom. The number of rotatable bonds is 6. The van der Waals surface area contributed by atoms with Crippen molar-refractivity contribution in [1.29, 1.82) is 0 Å². The molecule has 1 unspecified atom stereocenters. The number of carbonyl (C=O) groups excluding carboxylic acids is 2. The van der Waals surface area contributed by atoms with Crippen LogP contribution in [0.2, 0.25) is 5.02 Å². The molecule has 0 radical (unpaired) electrons. The van der Waals surface area contributed by atoms with E-state index in [9.17, 15) is 19.1 Å². The molecule has 2 heterocycles. The summed E-state index contributed by atoms with van der Waals surface area (Å²) in [4.78, 5) is 31.6. The number of carbonyl (C=O) groups is 2. The number of benzene rings is 2. The van der Waals surface area contributed by atoms with Crippen LogP contribution in [0.5, 0.6) is 11.5 Å². The molecule has 0 bridgehead atoms. The van der Waals surface area contributed by atoms with Crippen LogP contribution >= 0.6 is 11.6 Å². The number of methoxy groups -OCH3 is 2. The van der Waals surface area contributed by atoms with Crippen molar-refractivity contribution in [3.05, 3.63) is 94.0 Å². The van der Waals surface area contributed by atoms with Gasteiger partial charge in [0.05, 0.1) is 36.4 Å². The van der Waals surface area contributed by atoms with Gasteiger partial charge in [0.25, 0.3) is 11.7 Å². The van der Waals surface area contributed by atoms with Crippen molar-refractivity contribution in [3.63, 3.8) is 0 Å². The SMILES string of the molecule is COc1cc(OC)c(/C(O)=C2\C(=O)C(=O)N(Cc3cccnc3)C2c2ccc(F)cc2)cc1Cl. The lowest BCUT2D eigenvalue weighted by Crippen LogP contribution is -2.29. The fourth-order valence-corrected chi connectivity index (χ4v) is 4.15. The molecule has 0 spiro atoms. The van der Waals surface area contributed by atoms with Gasteiger partial charge in [-0.1, -0.05) is 29.8 Å². The van der Waals surface area contributed by atoms with Crippen molar-refractivity contribution in [2.45, 2.75) is 12.6 Å². The van der Waals surface area contributed by atoms with Crippen molar-refractivity contribution in [3.8, 4) is 11.5 Å². The molecule has 174 valence electrons. The highest BCUT2D eigenvalue weighted by atomic mass is 35.5. The minimum atomic E-state index is -0.980. The maximum absolute atomic E-state index is 13.6. The van der Waals surface area contributed by atoms with E-state index in [-0.39, 0.29) is 28.5 Å². The largest absolute Gasteiger partial charge is 0.507 e. The Morgan fingerprint density at radius 1 is 1.12 bits per heavy atom. The van der Waals surface area contributed by atoms with E-state index in [1.165, 1.54) is 55.5 Å². The molecule has 7 nitrogen and oxygen atoms in total. The van der Waals surface area contributed by atoms with E-state index in [2.05, 4.69) is 4.98 Å². The lowest BCUT2D eigenvalue weighted by atomic mass is 9.94. The van der Waals surface area contributed by atoms with Gasteiger partial charge in [-0.15, -0.1) is 0 Å². The summed E-state index contributed by atoms with van der Waals surface area (Å²) in [5, 5.41) is 11.5. The first kappa shape index (κ1) is 23.3. The van der Waals surface area contributed by atoms with Crippen LogP contribution in [0.3, 0.4) is 0 Å². The Hall–Kier alpha value is -3.91. The van der Waals surface area contributed by atoms with Crippen LogP contribution in [0.4, 0.5) is 4.39 Å². The summed E-state index contributed by atoms with van der Waals surface area (Å²) >= 11 is 6.26. The molecular formula is C25H20ClFN2O5. The van der Waals surface area contributed by atoms with E-state index in [0.29, 0.717) is 16.9 Å². The summed E-state index contributed by atoms with van der Waals surface area (Å²) in [6, 6.07) is 10.7. The highest BCUT2D eigenvalue weighted by molar-refractivity contribution is 6.46. The fourth-order valence-electron chi connectivity index (χ4n) is 3.91. The number of amides is 1. The zero-order valence-electron chi connectivity index (χ0n) is 18.3. The average Bonchev–Trinajstić information content (AvgIpc) is 3.09. The zero-order chi connectivity index (χ0) is 24.4. The van der Waals surface area contributed by atoms with Gasteiger partial charge < -0.3 is 19.5 Å². The number of pyridine rings is 1. The number of likely N-dealkylation sites (tertiary alicyclic amines) is 1. The predicted octanol–water partition coefficient (Wildman–Crippen LogP) is 4.51. The van der Waals surface area contributed by atoms with Gasteiger partial charge in [-0.2, -0.15) is 0 Å². The standard InChI is InChI=1S/C25H20ClFN2O5/c1-33-19-11-20(34-2)18(26)10-17(19)23(30)21-22(15-5-7-16(27)8-6-15)29(25(32)24(21)31)13-14-4-3-9-28-12-14/h3-12,22,30H,13H2,1-2H3/b23-21+. The number of aromatic nitrogens is 1. The van der Waals surface area contributed by atoms with E-state index in [1.807, 2.05) is 0 Å². The van der Waals surface area contributed by atoms with Crippen LogP contribution in [0, 0.1) is 5.82 Å². The lowest BCUT2D eigenvalue weighted by Gasteiger charge is -2.25. The molecule has 2 aromatic carbocycles. The summed E-state index contributed by atoms with van der Waals surface area (Å²) in [6.07, 6.45) is 3.17. The quantitative estimate of drug-likeness (QED) is 0.316. The van der Waals surface area contributed by atoms with Gasteiger partial charge in [-0.3, -0.25) is 14.6 Å². The lowest BCUT2D eigenvalue weighted by molar-refractivity contribution is -0.140. The molecule has 1 amide bonds. The minimum absolute atomic E-state index is 0.0533. The summed E-state index contributed by atoms with van der Waals surface area (Å²) in [7, 11) is 2.82. The first-order chi connectivity index (χ1) is 16.3. The monoisotopic (exact) mass is 482 g/mol. The molecule has 1 atom stereocenters. The van der Waals surface area contributed by atoms with Crippen LogP contribution in [-0.2, 0) is 16.1 Å². The predicted molar refractivity (Wildman–Crippen MR) is 123 cm³/mol. The van der Waals surface area contributed by atoms with Crippen molar-refractivity contribution in [2.24, 2.45) is 0 Å². The Bertz CT molecular complexity index is 1280. The highest BCUT2D eigenvalue weighted by Crippen LogP contribution is 2.43. The summed E-state index contributed by atoms with van der Waals surface area (Å²) in [5.74, 6) is -2.14. The average molecular weight is 483 g/mol. The fraction of sp³-hybridized carbons (Fsp3) is 0.160. The topological polar surface area (TPSA) is 89.0 Å². The third kappa shape index (κ3) is 4.20. The molecule has 1 N–H and O–H groups in total. The van der Waals surface area contributed by atoms with Crippen LogP contribution in [-0.4, -0.2) is 40.9 Å². The molecule has 9 heteroatoms. The second-order valence-electron chi connectivity index (χ2n) is 7.53. The summed E-state index contributed by atoms with van der Waals surface area (Å²) < 4.78 is 24.2. The number of aliphatic hydroxyl groups is 1. The molecule has 34 heavy (non-hydrogen) atoms. The van der Waals surface area contributed by atoms with Gasteiger partial charge in [0, 0.05) is 25.0 Å². The van der Waals surface area contributed by atoms with E-state index >= 15 is 0 Å². The smallest absolute Gasteiger partial charge is 0.295 e. The third-order valence-electron chi connectivity index (χ3n) is 5.53. The molecule has 4 rings (SSSR count). The number of halogens is 2. The maximum atomic E-state index is 13.6. The van der Waals surface area contributed by atoms with Crippen LogP contribution < -0.4 is 9.47 Å². The molecular weight excluding hydrogens is 463 g/mol. The number of ether oxygens (including phenoxy) is 2. The molecule has 0 saturated carbocycles. The summed E-state index contributed by atoms with van der Waals surface area (Å²) in [5.41, 5.74) is 1.08. The summed E-state index contributed by atoms with van der Waals surface area (Å²) in [6.45, 7) is 0.0533. The van der Waals surface area contributed by atoms with E-state index < -0.39 is 29.3 Å². The van der Waals surface area contributed by atoms with E-state index in [1.54, 1.807) is 24.5 Å². The van der Waals surface area contributed by atoms with Crippen LogP contribution in [0.1, 0.15) is 22.7 Å². The van der Waals surface area contributed by atoms with Gasteiger partial charge >= 0.3 is 0 Å². The van der Waals surface area contributed by atoms with Crippen molar-refractivity contribution in [1.82, 2.24) is 9.88 Å². The number of hydrogen-bond donors (Lipinski definition) is 1. The number of Topliss-reactive ketones (excluding diaryl/α,β-unsaturated/α-hetero) is 1. The van der Waals surface area contributed by atoms with Crippen molar-refractivity contribution >= 4 is 29.1 Å². The molecule has 1 saturated heterocycles. The first-order valence-electron chi connectivity index (χ1n) is 10.2. The van der Waals surface area contributed by atoms with Gasteiger partial charge in [0.1, 0.15) is 23.1 Å². The van der Waals surface area contributed by atoms with Crippen molar-refractivity contribution < 1.29 is 28.6 Å². The molecule has 3 aromatic rings. The molecule has 1 aliphatic heterocycles. The molecule has 1 fully saturated rings. The Morgan fingerprint density at radius 3 is 2.44 bits per heavy atom. The molecule has 0 aliphatic carbocycles. The Balaban J connectivity index is 1.91. The number of ketones is 1. The maximum Gasteiger partial charge on any atom is 0.295 e. The van der Waals surface area contributed by atoms with Crippen LogP contribution in [0.15, 0.2) is 66.5 Å². The van der Waals surface area contributed by atoms with Gasteiger partial charge in [0.15, 0.2) is 0 Å². The molecule has 1 aromatic heterocycles. The number of hydrogen-bond acceptors (Lipinski definition) is 6. The van der Waals surface area contributed by atoms with Crippen LogP contribution in [0.25, 0.3) is 5.76 Å². The second-order valence-corrected chi connectivity index (χ2v) is 7.93. The third-order valence-corrected chi connectivity index (χ3v) is 5.83. The second kappa shape index (κ2) is 9.52. The van der Waals surface area contributed by atoms with E-state index in [4.69, 9.17) is 21.1 Å². The number of nitrogens with zero attached hydrogens (tertiary/aromatic N) is 2. The first-order valence-corrected chi connectivity index (χ1v) is 10.6. The minimum Gasteiger partial charge on any atom is -0.507 e. The van der Waals surface area contributed by atoms with Gasteiger partial charge in [0.2, 0.25) is 0 Å². The zero-order valence-corrected chi connectivity index (χ0v) is 19.0. The Labute approximate surface area is 200 Å². The van der Waals surface area contributed by atoms with Crippen molar-refractivity contribution in [2.75, 3.05) is 14.2 Å². The normalized spacial score (nSPS) is 17.2. The molecule has 1 aliphatic rings. The van der Waals surface area contributed by atoms with E-state index in [0.717, 1.165) is 0 Å².